The largest absolute Gasteiger partial charge is 0.462 e. The Labute approximate surface area is 375 Å². The number of rotatable bonds is 44. The zero-order chi connectivity index (χ0) is 44.4. The summed E-state index contributed by atoms with van der Waals surface area (Å²) < 4.78 is 16.7. The van der Waals surface area contributed by atoms with E-state index >= 15 is 0 Å². The lowest BCUT2D eigenvalue weighted by Crippen LogP contribution is -2.30. The first-order valence-electron chi connectivity index (χ1n) is 25.1. The van der Waals surface area contributed by atoms with Gasteiger partial charge in [0, 0.05) is 19.3 Å². The number of carbonyl (C=O) groups is 3. The summed E-state index contributed by atoms with van der Waals surface area (Å²) in [5.74, 6) is -0.947. The number of hydrogen-bond acceptors (Lipinski definition) is 6. The number of esters is 3. The molecule has 0 N–H and O–H groups in total. The number of carbonyl (C=O) groups excluding carboxylic acids is 3. The molecule has 0 saturated carbocycles. The molecule has 6 nitrogen and oxygen atoms in total. The zero-order valence-electron chi connectivity index (χ0n) is 39.7. The predicted octanol–water partition coefficient (Wildman–Crippen LogP) is 16.4. The Kier molecular flexibility index (Phi) is 46.5. The fourth-order valence-corrected chi connectivity index (χ4v) is 6.58. The van der Waals surface area contributed by atoms with Crippen LogP contribution >= 0.6 is 0 Å². The minimum absolute atomic E-state index is 0.0957. The molecule has 6 heteroatoms. The van der Waals surface area contributed by atoms with E-state index in [1.165, 1.54) is 44.9 Å². The predicted molar refractivity (Wildman–Crippen MR) is 261 cm³/mol. The molecule has 1 unspecified atom stereocenters. The maximum atomic E-state index is 12.8. The highest BCUT2D eigenvalue weighted by Crippen LogP contribution is 2.13. The number of unbranched alkanes of at least 4 members (excludes halogenated alkanes) is 19. The van der Waals surface area contributed by atoms with Crippen molar-refractivity contribution >= 4 is 17.9 Å². The van der Waals surface area contributed by atoms with Gasteiger partial charge >= 0.3 is 17.9 Å². The Balaban J connectivity index is 4.44. The Morgan fingerprint density at radius 1 is 0.344 bits per heavy atom. The second kappa shape index (κ2) is 49.2. The lowest BCUT2D eigenvalue weighted by Gasteiger charge is -2.18. The van der Waals surface area contributed by atoms with Crippen molar-refractivity contribution < 1.29 is 28.6 Å². The second-order valence-corrected chi connectivity index (χ2v) is 16.3. The Morgan fingerprint density at radius 2 is 0.672 bits per heavy atom. The van der Waals surface area contributed by atoms with E-state index in [4.69, 9.17) is 14.2 Å². The Hall–Kier alpha value is -3.41. The molecule has 0 saturated heterocycles. The first kappa shape index (κ1) is 57.6. The summed E-state index contributed by atoms with van der Waals surface area (Å²) in [6, 6.07) is 0. The van der Waals surface area contributed by atoms with Gasteiger partial charge in [-0.2, -0.15) is 0 Å². The molecule has 0 aliphatic heterocycles. The van der Waals surface area contributed by atoms with Gasteiger partial charge in [-0.25, -0.2) is 0 Å². The SMILES string of the molecule is CC/C=C\C/C=C\C/C=C\C/C=C\CCCCCCC(=O)OCC(COC(=O)CCCCCCC/C=C\CCC)OC(=O)CCCCCCC/C=C\C/C=C\CCCCCC. The molecule has 0 radical (unpaired) electrons. The molecule has 0 amide bonds. The fourth-order valence-electron chi connectivity index (χ4n) is 6.58. The van der Waals surface area contributed by atoms with Gasteiger partial charge in [0.25, 0.3) is 0 Å². The van der Waals surface area contributed by atoms with E-state index in [1.807, 2.05) is 0 Å². The van der Waals surface area contributed by atoms with Crippen molar-refractivity contribution in [3.8, 4) is 0 Å². The fraction of sp³-hybridized carbons (Fsp3) is 0.691. The summed E-state index contributed by atoms with van der Waals surface area (Å²) in [4.78, 5) is 37.9. The molecule has 0 aliphatic carbocycles. The molecule has 0 aromatic heterocycles. The summed E-state index contributed by atoms with van der Waals surface area (Å²) in [5.41, 5.74) is 0. The van der Waals surface area contributed by atoms with Crippen molar-refractivity contribution in [2.75, 3.05) is 13.2 Å². The van der Waals surface area contributed by atoms with Gasteiger partial charge in [-0.15, -0.1) is 0 Å². The van der Waals surface area contributed by atoms with Crippen LogP contribution in [0, 0.1) is 0 Å². The smallest absolute Gasteiger partial charge is 0.306 e. The molecule has 61 heavy (non-hydrogen) atoms. The van der Waals surface area contributed by atoms with Crippen LogP contribution in [-0.4, -0.2) is 37.2 Å². The third kappa shape index (κ3) is 47.5. The third-order valence-electron chi connectivity index (χ3n) is 10.3. The molecular formula is C55H92O6. The highest BCUT2D eigenvalue weighted by atomic mass is 16.6. The van der Waals surface area contributed by atoms with Crippen LogP contribution in [0.2, 0.25) is 0 Å². The zero-order valence-corrected chi connectivity index (χ0v) is 39.7. The maximum Gasteiger partial charge on any atom is 0.306 e. The summed E-state index contributed by atoms with van der Waals surface area (Å²) in [7, 11) is 0. The molecule has 0 aliphatic rings. The molecule has 348 valence electrons. The number of allylic oxidation sites excluding steroid dienone is 14. The molecule has 0 aromatic carbocycles. The highest BCUT2D eigenvalue weighted by Gasteiger charge is 2.19. The van der Waals surface area contributed by atoms with Gasteiger partial charge in [0.15, 0.2) is 6.10 Å². The maximum absolute atomic E-state index is 12.8. The average molecular weight is 849 g/mol. The van der Waals surface area contributed by atoms with E-state index in [0.717, 1.165) is 141 Å². The van der Waals surface area contributed by atoms with Gasteiger partial charge in [0.2, 0.25) is 0 Å². The minimum Gasteiger partial charge on any atom is -0.462 e. The van der Waals surface area contributed by atoms with Gasteiger partial charge in [0.05, 0.1) is 0 Å². The van der Waals surface area contributed by atoms with Gasteiger partial charge in [0.1, 0.15) is 13.2 Å². The van der Waals surface area contributed by atoms with Crippen molar-refractivity contribution in [2.45, 2.75) is 232 Å². The Morgan fingerprint density at radius 3 is 1.08 bits per heavy atom. The first-order valence-corrected chi connectivity index (χ1v) is 25.1. The van der Waals surface area contributed by atoms with Crippen molar-refractivity contribution in [1.82, 2.24) is 0 Å². The van der Waals surface area contributed by atoms with Crippen LogP contribution < -0.4 is 0 Å². The van der Waals surface area contributed by atoms with Crippen molar-refractivity contribution in [2.24, 2.45) is 0 Å². The van der Waals surface area contributed by atoms with Crippen LogP contribution in [0.15, 0.2) is 85.1 Å². The van der Waals surface area contributed by atoms with E-state index in [-0.39, 0.29) is 31.1 Å². The number of ether oxygens (including phenoxy) is 3. The summed E-state index contributed by atoms with van der Waals surface area (Å²) in [6.07, 6.45) is 62.8. The van der Waals surface area contributed by atoms with Crippen LogP contribution in [0.4, 0.5) is 0 Å². The van der Waals surface area contributed by atoms with Gasteiger partial charge < -0.3 is 14.2 Å². The van der Waals surface area contributed by atoms with Crippen LogP contribution in [-0.2, 0) is 28.6 Å². The highest BCUT2D eigenvalue weighted by molar-refractivity contribution is 5.71. The standard InChI is InChI=1S/C55H92O6/c1-4-7-10-13-16-19-22-24-26-28-30-31-33-36-39-42-45-48-54(57)60-51-52(50-59-53(56)47-44-41-38-35-21-18-15-12-9-6-3)61-55(58)49-46-43-40-37-34-32-29-27-25-23-20-17-14-11-8-5-2/h7,10,12,15-16,19-20,23-24,26-27,29-31,52H,4-6,8-9,11,13-14,17-18,21-22,25,28,32-51H2,1-3H3/b10-7-,15-12-,19-16-,23-20-,26-24-,29-27-,31-30-. The molecule has 0 bridgehead atoms. The minimum atomic E-state index is -0.796. The molecular weight excluding hydrogens is 757 g/mol. The van der Waals surface area contributed by atoms with Crippen molar-refractivity contribution in [3.05, 3.63) is 85.1 Å². The summed E-state index contributed by atoms with van der Waals surface area (Å²) >= 11 is 0. The quantitative estimate of drug-likeness (QED) is 0.0263. The van der Waals surface area contributed by atoms with E-state index in [1.54, 1.807) is 0 Å². The summed E-state index contributed by atoms with van der Waals surface area (Å²) in [6.45, 7) is 6.39. The average Bonchev–Trinajstić information content (AvgIpc) is 3.26. The van der Waals surface area contributed by atoms with Crippen LogP contribution in [0.1, 0.15) is 226 Å². The van der Waals surface area contributed by atoms with Crippen LogP contribution in [0.5, 0.6) is 0 Å². The second-order valence-electron chi connectivity index (χ2n) is 16.3. The van der Waals surface area contributed by atoms with Gasteiger partial charge in [-0.1, -0.05) is 183 Å². The summed E-state index contributed by atoms with van der Waals surface area (Å²) in [5, 5.41) is 0. The van der Waals surface area contributed by atoms with E-state index < -0.39 is 6.10 Å². The third-order valence-corrected chi connectivity index (χ3v) is 10.3. The monoisotopic (exact) mass is 849 g/mol. The van der Waals surface area contributed by atoms with E-state index in [0.29, 0.717) is 19.3 Å². The molecule has 1 atom stereocenters. The normalized spacial score (nSPS) is 12.8. The van der Waals surface area contributed by atoms with Crippen molar-refractivity contribution in [3.63, 3.8) is 0 Å². The molecule has 0 fully saturated rings. The molecule has 0 aromatic rings. The Bertz CT molecular complexity index is 1200. The van der Waals surface area contributed by atoms with Crippen molar-refractivity contribution in [1.29, 1.82) is 0 Å². The lowest BCUT2D eigenvalue weighted by atomic mass is 10.1. The van der Waals surface area contributed by atoms with E-state index in [9.17, 15) is 14.4 Å². The molecule has 0 spiro atoms. The van der Waals surface area contributed by atoms with Crippen LogP contribution in [0.25, 0.3) is 0 Å². The number of hydrogen-bond donors (Lipinski definition) is 0. The topological polar surface area (TPSA) is 78.9 Å². The van der Waals surface area contributed by atoms with Gasteiger partial charge in [-0.3, -0.25) is 14.4 Å². The van der Waals surface area contributed by atoms with Gasteiger partial charge in [-0.05, 0) is 109 Å². The van der Waals surface area contributed by atoms with E-state index in [2.05, 4.69) is 106 Å². The lowest BCUT2D eigenvalue weighted by molar-refractivity contribution is -0.167. The molecule has 0 rings (SSSR count). The first-order chi connectivity index (χ1) is 30.0. The van der Waals surface area contributed by atoms with Crippen LogP contribution in [0.3, 0.4) is 0 Å². The molecule has 0 heterocycles.